The van der Waals surface area contributed by atoms with Crippen LogP contribution in [-0.2, 0) is 15.4 Å². The minimum Gasteiger partial charge on any atom is -0.314 e. The maximum atomic E-state index is 12.6. The van der Waals surface area contributed by atoms with E-state index in [0.717, 1.165) is 47.9 Å². The summed E-state index contributed by atoms with van der Waals surface area (Å²) in [6.45, 7) is 11.3. The van der Waals surface area contributed by atoms with Crippen LogP contribution in [0, 0.1) is 0 Å². The largest absolute Gasteiger partial charge is 0.314 e. The molecule has 1 saturated heterocycles. The van der Waals surface area contributed by atoms with Crippen molar-refractivity contribution >= 4 is 56.4 Å². The molecule has 1 aliphatic heterocycles. The number of hydrogen-bond donors (Lipinski definition) is 2. The molecule has 10 heteroatoms. The SMILES string of the molecule is CC(C)(C)c1nc2ccc(S(=O)(=O)NCCN3CCNCC3)cc2s1.Cl.Cl. The summed E-state index contributed by atoms with van der Waals surface area (Å²) in [4.78, 5) is 7.20. The smallest absolute Gasteiger partial charge is 0.240 e. The minimum atomic E-state index is -3.49. The average Bonchev–Trinajstić information content (AvgIpc) is 2.99. The summed E-state index contributed by atoms with van der Waals surface area (Å²) in [5.74, 6) is 0. The molecule has 2 N–H and O–H groups in total. The van der Waals surface area contributed by atoms with E-state index in [1.807, 2.05) is 0 Å². The zero-order chi connectivity index (χ0) is 18.1. The number of rotatable bonds is 5. The number of benzene rings is 1. The third-order valence-electron chi connectivity index (χ3n) is 4.24. The van der Waals surface area contributed by atoms with Crippen LogP contribution in [0.25, 0.3) is 10.2 Å². The van der Waals surface area contributed by atoms with E-state index in [0.29, 0.717) is 11.4 Å². The summed E-state index contributed by atoms with van der Waals surface area (Å²) < 4.78 is 28.8. The number of aromatic nitrogens is 1. The van der Waals surface area contributed by atoms with Crippen molar-refractivity contribution < 1.29 is 8.42 Å². The van der Waals surface area contributed by atoms with E-state index < -0.39 is 10.0 Å². The molecule has 27 heavy (non-hydrogen) atoms. The van der Waals surface area contributed by atoms with Crippen LogP contribution in [0.5, 0.6) is 0 Å². The number of nitrogens with one attached hydrogen (secondary N) is 2. The molecule has 0 amide bonds. The molecule has 154 valence electrons. The maximum Gasteiger partial charge on any atom is 0.240 e. The summed E-state index contributed by atoms with van der Waals surface area (Å²) in [7, 11) is -3.49. The highest BCUT2D eigenvalue weighted by Crippen LogP contribution is 2.32. The van der Waals surface area contributed by atoms with Gasteiger partial charge in [-0.1, -0.05) is 20.8 Å². The first-order chi connectivity index (χ1) is 11.8. The van der Waals surface area contributed by atoms with Crippen LogP contribution in [0.3, 0.4) is 0 Å². The summed E-state index contributed by atoms with van der Waals surface area (Å²) in [6.07, 6.45) is 0. The molecule has 0 bridgehead atoms. The molecule has 0 atom stereocenters. The molecule has 2 heterocycles. The molecule has 1 aromatic heterocycles. The van der Waals surface area contributed by atoms with Gasteiger partial charge < -0.3 is 5.32 Å². The summed E-state index contributed by atoms with van der Waals surface area (Å²) in [5, 5.41) is 4.31. The van der Waals surface area contributed by atoms with Crippen molar-refractivity contribution in [2.45, 2.75) is 31.1 Å². The van der Waals surface area contributed by atoms with Crippen LogP contribution in [0.4, 0.5) is 0 Å². The Hall–Kier alpha value is -0.480. The van der Waals surface area contributed by atoms with Gasteiger partial charge in [0.2, 0.25) is 10.0 Å². The second kappa shape index (κ2) is 9.82. The maximum absolute atomic E-state index is 12.6. The van der Waals surface area contributed by atoms with Crippen LogP contribution >= 0.6 is 36.2 Å². The number of piperazine rings is 1. The molecule has 1 fully saturated rings. The molecule has 1 aliphatic rings. The monoisotopic (exact) mass is 454 g/mol. The van der Waals surface area contributed by atoms with Crippen LogP contribution < -0.4 is 10.0 Å². The van der Waals surface area contributed by atoms with E-state index >= 15 is 0 Å². The molecule has 1 aromatic carbocycles. The van der Waals surface area contributed by atoms with Crippen LogP contribution in [-0.4, -0.2) is 57.6 Å². The highest BCUT2D eigenvalue weighted by atomic mass is 35.5. The third-order valence-corrected chi connectivity index (χ3v) is 7.14. The quantitative estimate of drug-likeness (QED) is 0.725. The normalized spacial score (nSPS) is 16.0. The average molecular weight is 455 g/mol. The van der Waals surface area contributed by atoms with E-state index in [1.54, 1.807) is 29.5 Å². The predicted molar refractivity (Wildman–Crippen MR) is 117 cm³/mol. The van der Waals surface area contributed by atoms with Gasteiger partial charge >= 0.3 is 0 Å². The van der Waals surface area contributed by atoms with Crippen molar-refractivity contribution in [3.05, 3.63) is 23.2 Å². The molecule has 3 rings (SSSR count). The molecule has 6 nitrogen and oxygen atoms in total. The van der Waals surface area contributed by atoms with Crippen LogP contribution in [0.15, 0.2) is 23.1 Å². The van der Waals surface area contributed by atoms with E-state index in [-0.39, 0.29) is 30.2 Å². The second-order valence-corrected chi connectivity index (χ2v) is 10.2. The lowest BCUT2D eigenvalue weighted by Gasteiger charge is -2.27. The Bertz CT molecular complexity index is 844. The highest BCUT2D eigenvalue weighted by molar-refractivity contribution is 7.89. The lowest BCUT2D eigenvalue weighted by molar-refractivity contribution is 0.245. The first kappa shape index (κ1) is 24.6. The fraction of sp³-hybridized carbons (Fsp3) is 0.588. The van der Waals surface area contributed by atoms with Gasteiger partial charge in [0.1, 0.15) is 0 Å². The molecule has 0 radical (unpaired) electrons. The Balaban J connectivity index is 0.00000182. The van der Waals surface area contributed by atoms with Gasteiger partial charge in [0.05, 0.1) is 20.1 Å². The van der Waals surface area contributed by atoms with E-state index in [9.17, 15) is 8.42 Å². The van der Waals surface area contributed by atoms with E-state index in [1.165, 1.54) is 0 Å². The van der Waals surface area contributed by atoms with Gasteiger partial charge in [0, 0.05) is 44.7 Å². The van der Waals surface area contributed by atoms with Gasteiger partial charge in [0.15, 0.2) is 0 Å². The summed E-state index contributed by atoms with van der Waals surface area (Å²) in [6, 6.07) is 5.17. The molecule has 0 aliphatic carbocycles. The molecule has 2 aromatic rings. The van der Waals surface area contributed by atoms with Crippen molar-refractivity contribution in [1.82, 2.24) is 19.9 Å². The van der Waals surface area contributed by atoms with Gasteiger partial charge in [-0.3, -0.25) is 4.90 Å². The van der Waals surface area contributed by atoms with Crippen molar-refractivity contribution in [2.24, 2.45) is 0 Å². The Morgan fingerprint density at radius 1 is 1.22 bits per heavy atom. The number of nitrogens with zero attached hydrogens (tertiary/aromatic N) is 2. The summed E-state index contributed by atoms with van der Waals surface area (Å²) >= 11 is 1.56. The van der Waals surface area contributed by atoms with Gasteiger partial charge in [-0.15, -0.1) is 36.2 Å². The number of fused-ring (bicyclic) bond motifs is 1. The van der Waals surface area contributed by atoms with Crippen molar-refractivity contribution in [2.75, 3.05) is 39.3 Å². The Kier molecular flexibility index (Phi) is 8.94. The van der Waals surface area contributed by atoms with E-state index in [4.69, 9.17) is 0 Å². The third kappa shape index (κ3) is 6.25. The molecule has 0 unspecified atom stereocenters. The fourth-order valence-corrected chi connectivity index (χ4v) is 4.93. The number of hydrogen-bond acceptors (Lipinski definition) is 6. The standard InChI is InChI=1S/C17H26N4O2S2.2ClH/c1-17(2,3)16-20-14-5-4-13(12-15(14)24-16)25(22,23)19-8-11-21-9-6-18-7-10-21;;/h4-5,12,18-19H,6-11H2,1-3H3;2*1H. The van der Waals surface area contributed by atoms with Crippen LogP contribution in [0.2, 0.25) is 0 Å². The van der Waals surface area contributed by atoms with Gasteiger partial charge in [-0.25, -0.2) is 18.1 Å². The zero-order valence-corrected chi connectivity index (χ0v) is 19.1. The predicted octanol–water partition coefficient (Wildman–Crippen LogP) is 2.62. The Morgan fingerprint density at radius 3 is 2.52 bits per heavy atom. The molecule has 0 saturated carbocycles. The van der Waals surface area contributed by atoms with Gasteiger partial charge in [-0.2, -0.15) is 0 Å². The van der Waals surface area contributed by atoms with Crippen molar-refractivity contribution in [3.8, 4) is 0 Å². The molecule has 0 spiro atoms. The van der Waals surface area contributed by atoms with Crippen LogP contribution in [0.1, 0.15) is 25.8 Å². The minimum absolute atomic E-state index is 0. The van der Waals surface area contributed by atoms with Gasteiger partial charge in [-0.05, 0) is 18.2 Å². The molecular formula is C17H28Cl2N4O2S2. The van der Waals surface area contributed by atoms with Gasteiger partial charge in [0.25, 0.3) is 0 Å². The number of halogens is 2. The first-order valence-electron chi connectivity index (χ1n) is 8.59. The Morgan fingerprint density at radius 2 is 1.89 bits per heavy atom. The fourth-order valence-electron chi connectivity index (χ4n) is 2.75. The van der Waals surface area contributed by atoms with Crippen molar-refractivity contribution in [3.63, 3.8) is 0 Å². The lowest BCUT2D eigenvalue weighted by Crippen LogP contribution is -2.46. The summed E-state index contributed by atoms with van der Waals surface area (Å²) in [5.41, 5.74) is 0.819. The lowest BCUT2D eigenvalue weighted by atomic mass is 9.98. The molecular weight excluding hydrogens is 427 g/mol. The van der Waals surface area contributed by atoms with E-state index in [2.05, 4.69) is 40.7 Å². The zero-order valence-electron chi connectivity index (χ0n) is 15.8. The number of thiazole rings is 1. The van der Waals surface area contributed by atoms with Crippen molar-refractivity contribution in [1.29, 1.82) is 0 Å². The Labute approximate surface area is 178 Å². The number of sulfonamides is 1. The second-order valence-electron chi connectivity index (χ2n) is 7.39. The topological polar surface area (TPSA) is 74.3 Å². The highest BCUT2D eigenvalue weighted by Gasteiger charge is 2.21. The first-order valence-corrected chi connectivity index (χ1v) is 10.9.